The van der Waals surface area contributed by atoms with Crippen LogP contribution in [0.5, 0.6) is 0 Å². The van der Waals surface area contributed by atoms with E-state index in [4.69, 9.17) is 14.3 Å². The number of nitrogens with zero attached hydrogens (tertiary/aromatic N) is 2. The monoisotopic (exact) mass is 375 g/mol. The number of aliphatic imine (C=N–C) groups is 1. The molecular formula is C22H21N3O3. The molecule has 142 valence electrons. The van der Waals surface area contributed by atoms with E-state index in [0.29, 0.717) is 11.5 Å². The Bertz CT molecular complexity index is 1050. The maximum Gasteiger partial charge on any atom is 0.409 e. The number of hydrogen-bond acceptors (Lipinski definition) is 5. The van der Waals surface area contributed by atoms with Gasteiger partial charge in [0.15, 0.2) is 6.17 Å². The Balaban J connectivity index is 1.92. The molecule has 0 saturated heterocycles. The molecule has 6 nitrogen and oxygen atoms in total. The van der Waals surface area contributed by atoms with Gasteiger partial charge in [0.25, 0.3) is 0 Å². The van der Waals surface area contributed by atoms with E-state index in [2.05, 4.69) is 10.5 Å². The molecule has 1 aliphatic rings. The van der Waals surface area contributed by atoms with Gasteiger partial charge < -0.3 is 9.26 Å². The number of amides is 1. The molecule has 0 bridgehead atoms. The van der Waals surface area contributed by atoms with Gasteiger partial charge in [-0.1, -0.05) is 59.3 Å². The Kier molecular flexibility index (Phi) is 4.69. The summed E-state index contributed by atoms with van der Waals surface area (Å²) in [5.74, 6) is 0.679. The minimum absolute atomic E-state index is 0.276. The van der Waals surface area contributed by atoms with Crippen molar-refractivity contribution in [1.29, 1.82) is 0 Å². The predicted octanol–water partition coefficient (Wildman–Crippen LogP) is 4.55. The lowest BCUT2D eigenvalue weighted by Gasteiger charge is -2.14. The zero-order valence-electron chi connectivity index (χ0n) is 16.0. The lowest BCUT2D eigenvalue weighted by atomic mass is 9.93. The van der Waals surface area contributed by atoms with Crippen LogP contribution in [0.4, 0.5) is 4.79 Å². The van der Waals surface area contributed by atoms with Gasteiger partial charge >= 0.3 is 6.09 Å². The predicted molar refractivity (Wildman–Crippen MR) is 106 cm³/mol. The number of nitrogens with one attached hydrogen (secondary N) is 1. The van der Waals surface area contributed by atoms with Crippen LogP contribution in [0, 0.1) is 13.8 Å². The molecule has 3 aromatic rings. The molecule has 0 fully saturated rings. The van der Waals surface area contributed by atoms with E-state index in [-0.39, 0.29) is 6.61 Å². The summed E-state index contributed by atoms with van der Waals surface area (Å²) in [6.07, 6.45) is -1.26. The molecule has 2 aromatic carbocycles. The molecule has 1 aliphatic heterocycles. The van der Waals surface area contributed by atoms with Crippen LogP contribution >= 0.6 is 0 Å². The number of hydrogen-bond donors (Lipinski definition) is 1. The zero-order valence-corrected chi connectivity index (χ0v) is 16.0. The van der Waals surface area contributed by atoms with Crippen molar-refractivity contribution in [3.8, 4) is 11.1 Å². The van der Waals surface area contributed by atoms with Gasteiger partial charge in [-0.05, 0) is 26.3 Å². The first-order chi connectivity index (χ1) is 13.6. The van der Waals surface area contributed by atoms with Crippen molar-refractivity contribution in [3.05, 3.63) is 76.7 Å². The fourth-order valence-electron chi connectivity index (χ4n) is 3.40. The first-order valence-electron chi connectivity index (χ1n) is 9.22. The number of aromatic nitrogens is 1. The van der Waals surface area contributed by atoms with Crippen LogP contribution in [0.1, 0.15) is 41.2 Å². The fraction of sp³-hybridized carbons (Fsp3) is 0.227. The molecule has 2 heterocycles. The maximum atomic E-state index is 12.1. The van der Waals surface area contributed by atoms with Gasteiger partial charge in [-0.2, -0.15) is 0 Å². The number of fused-ring (bicyclic) bond motifs is 3. The standard InChI is InChI=1S/C22H21N3O3/c1-4-27-22(26)24-21-20-18(14(3)28-25-20)16-7-5-6-8-17(16)19(23-21)15-11-9-13(2)10-12-15/h5-12,21H,4H2,1-3H3,(H,24,26). The van der Waals surface area contributed by atoms with Crippen molar-refractivity contribution in [2.24, 2.45) is 4.99 Å². The zero-order chi connectivity index (χ0) is 19.7. The first kappa shape index (κ1) is 18.0. The Morgan fingerprint density at radius 2 is 1.82 bits per heavy atom. The summed E-state index contributed by atoms with van der Waals surface area (Å²) in [7, 11) is 0. The van der Waals surface area contributed by atoms with Crippen LogP contribution in [0.3, 0.4) is 0 Å². The van der Waals surface area contributed by atoms with Gasteiger partial charge in [0.05, 0.1) is 17.9 Å². The first-order valence-corrected chi connectivity index (χ1v) is 9.22. The lowest BCUT2D eigenvalue weighted by molar-refractivity contribution is 0.148. The second-order valence-electron chi connectivity index (χ2n) is 6.66. The van der Waals surface area contributed by atoms with E-state index in [9.17, 15) is 4.79 Å². The molecule has 1 N–H and O–H groups in total. The van der Waals surface area contributed by atoms with Crippen molar-refractivity contribution < 1.29 is 14.1 Å². The van der Waals surface area contributed by atoms with Gasteiger partial charge in [0, 0.05) is 11.1 Å². The Morgan fingerprint density at radius 1 is 1.11 bits per heavy atom. The van der Waals surface area contributed by atoms with E-state index in [0.717, 1.165) is 28.0 Å². The topological polar surface area (TPSA) is 76.7 Å². The summed E-state index contributed by atoms with van der Waals surface area (Å²) in [6, 6.07) is 16.2. The van der Waals surface area contributed by atoms with Crippen molar-refractivity contribution in [1.82, 2.24) is 10.5 Å². The Morgan fingerprint density at radius 3 is 2.54 bits per heavy atom. The smallest absolute Gasteiger partial charge is 0.409 e. The van der Waals surface area contributed by atoms with Crippen molar-refractivity contribution in [2.75, 3.05) is 6.61 Å². The second kappa shape index (κ2) is 7.31. The van der Waals surface area contributed by atoms with Crippen molar-refractivity contribution >= 4 is 11.8 Å². The molecule has 0 saturated carbocycles. The van der Waals surface area contributed by atoms with Gasteiger partial charge in [-0.25, -0.2) is 4.79 Å². The van der Waals surface area contributed by atoms with Crippen LogP contribution < -0.4 is 5.32 Å². The number of alkyl carbamates (subject to hydrolysis) is 1. The molecule has 0 spiro atoms. The van der Waals surface area contributed by atoms with E-state index in [1.54, 1.807) is 6.92 Å². The highest BCUT2D eigenvalue weighted by Crippen LogP contribution is 2.38. The summed E-state index contributed by atoms with van der Waals surface area (Å²) in [5, 5.41) is 7.00. The highest BCUT2D eigenvalue weighted by atomic mass is 16.5. The summed E-state index contributed by atoms with van der Waals surface area (Å²) in [4.78, 5) is 17.0. The molecule has 1 atom stereocenters. The normalized spacial score (nSPS) is 15.1. The molecule has 1 unspecified atom stereocenters. The second-order valence-corrected chi connectivity index (χ2v) is 6.66. The molecule has 0 radical (unpaired) electrons. The highest BCUT2D eigenvalue weighted by molar-refractivity contribution is 6.17. The number of ether oxygens (including phenoxy) is 1. The van der Waals surface area contributed by atoms with E-state index in [1.165, 1.54) is 5.56 Å². The highest BCUT2D eigenvalue weighted by Gasteiger charge is 2.30. The van der Waals surface area contributed by atoms with Crippen molar-refractivity contribution in [3.63, 3.8) is 0 Å². The molecule has 6 heteroatoms. The van der Waals surface area contributed by atoms with Gasteiger partial charge in [0.1, 0.15) is 11.5 Å². The Labute approximate surface area is 163 Å². The number of carbonyl (C=O) groups excluding carboxylic acids is 1. The fourth-order valence-corrected chi connectivity index (χ4v) is 3.40. The number of carbonyl (C=O) groups is 1. The summed E-state index contributed by atoms with van der Waals surface area (Å²) < 4.78 is 10.5. The minimum atomic E-state index is -0.713. The van der Waals surface area contributed by atoms with Gasteiger partial charge in [-0.3, -0.25) is 10.3 Å². The molecule has 1 aromatic heterocycles. The molecule has 0 aliphatic carbocycles. The van der Waals surface area contributed by atoms with E-state index in [1.807, 2.05) is 62.4 Å². The number of aryl methyl sites for hydroxylation is 2. The van der Waals surface area contributed by atoms with Crippen LogP contribution in [-0.2, 0) is 4.74 Å². The molecular weight excluding hydrogens is 354 g/mol. The molecule has 28 heavy (non-hydrogen) atoms. The quantitative estimate of drug-likeness (QED) is 0.728. The maximum absolute atomic E-state index is 12.1. The van der Waals surface area contributed by atoms with Crippen LogP contribution in [-0.4, -0.2) is 23.6 Å². The Hall–Kier alpha value is -3.41. The van der Waals surface area contributed by atoms with E-state index < -0.39 is 12.3 Å². The van der Waals surface area contributed by atoms with Crippen LogP contribution in [0.2, 0.25) is 0 Å². The summed E-state index contributed by atoms with van der Waals surface area (Å²) >= 11 is 0. The number of rotatable bonds is 3. The average Bonchev–Trinajstić information content (AvgIpc) is 3.01. The summed E-state index contributed by atoms with van der Waals surface area (Å²) in [6.45, 7) is 5.94. The van der Waals surface area contributed by atoms with Gasteiger partial charge in [-0.15, -0.1) is 0 Å². The third-order valence-corrected chi connectivity index (χ3v) is 4.71. The average molecular weight is 375 g/mol. The summed E-state index contributed by atoms with van der Waals surface area (Å²) in [5.41, 5.74) is 6.28. The van der Waals surface area contributed by atoms with Crippen LogP contribution in [0.25, 0.3) is 11.1 Å². The number of benzene rings is 2. The van der Waals surface area contributed by atoms with Crippen LogP contribution in [0.15, 0.2) is 58.0 Å². The largest absolute Gasteiger partial charge is 0.450 e. The van der Waals surface area contributed by atoms with Crippen molar-refractivity contribution in [2.45, 2.75) is 26.9 Å². The molecule has 4 rings (SSSR count). The SMILES string of the molecule is CCOC(=O)NC1N=C(c2ccc(C)cc2)c2ccccc2-c2c1noc2C. The van der Waals surface area contributed by atoms with Gasteiger partial charge in [0.2, 0.25) is 0 Å². The lowest BCUT2D eigenvalue weighted by Crippen LogP contribution is -2.29. The third kappa shape index (κ3) is 3.17. The minimum Gasteiger partial charge on any atom is -0.450 e. The molecule has 1 amide bonds. The van der Waals surface area contributed by atoms with E-state index >= 15 is 0 Å². The third-order valence-electron chi connectivity index (χ3n) is 4.71.